The van der Waals surface area contributed by atoms with Gasteiger partial charge >= 0.3 is 6.03 Å². The Morgan fingerprint density at radius 2 is 1.92 bits per heavy atom. The first-order chi connectivity index (χ1) is 11.7. The predicted molar refractivity (Wildman–Crippen MR) is 89.7 cm³/mol. The van der Waals surface area contributed by atoms with Crippen molar-refractivity contribution in [1.82, 2.24) is 15.5 Å². The molecule has 1 aromatic carbocycles. The Morgan fingerprint density at radius 1 is 1.08 bits per heavy atom. The summed E-state index contributed by atoms with van der Waals surface area (Å²) in [7, 11) is 0. The molecule has 1 aliphatic heterocycles. The van der Waals surface area contributed by atoms with E-state index in [-0.39, 0.29) is 6.03 Å². The van der Waals surface area contributed by atoms with E-state index in [0.717, 1.165) is 5.69 Å². The molecule has 0 unspecified atom stereocenters. The van der Waals surface area contributed by atoms with Gasteiger partial charge in [-0.05, 0) is 31.2 Å². The van der Waals surface area contributed by atoms with Crippen molar-refractivity contribution in [1.29, 1.82) is 0 Å². The Kier molecular flexibility index (Phi) is 4.95. The van der Waals surface area contributed by atoms with Gasteiger partial charge in [-0.2, -0.15) is 5.10 Å². The SMILES string of the molecule is Cc1ccc(NCCNC(=O)Nc2ccc3c(c2)OCCO3)nn1. The van der Waals surface area contributed by atoms with Crippen LogP contribution in [0.3, 0.4) is 0 Å². The molecule has 2 heterocycles. The summed E-state index contributed by atoms with van der Waals surface area (Å²) in [4.78, 5) is 11.9. The zero-order valence-corrected chi connectivity index (χ0v) is 13.3. The molecule has 1 aliphatic rings. The molecule has 126 valence electrons. The molecule has 0 saturated carbocycles. The van der Waals surface area contributed by atoms with Gasteiger partial charge in [-0.1, -0.05) is 0 Å². The summed E-state index contributed by atoms with van der Waals surface area (Å²) in [5, 5.41) is 16.5. The van der Waals surface area contributed by atoms with Crippen molar-refractivity contribution in [2.75, 3.05) is 36.9 Å². The van der Waals surface area contributed by atoms with Crippen LogP contribution in [0.25, 0.3) is 0 Å². The van der Waals surface area contributed by atoms with Crippen LogP contribution in [-0.4, -0.2) is 42.5 Å². The summed E-state index contributed by atoms with van der Waals surface area (Å²) in [5.41, 5.74) is 1.51. The second-order valence-electron chi connectivity index (χ2n) is 5.23. The highest BCUT2D eigenvalue weighted by Crippen LogP contribution is 2.32. The number of carbonyl (C=O) groups is 1. The Labute approximate surface area is 139 Å². The molecular formula is C16H19N5O3. The number of aryl methyl sites for hydroxylation is 1. The fourth-order valence-electron chi connectivity index (χ4n) is 2.16. The first-order valence-electron chi connectivity index (χ1n) is 7.69. The normalized spacial score (nSPS) is 12.4. The van der Waals surface area contributed by atoms with E-state index in [1.165, 1.54) is 0 Å². The molecule has 8 heteroatoms. The standard InChI is InChI=1S/C16H19N5O3/c1-11-2-5-15(21-20-11)17-6-7-18-16(22)19-12-3-4-13-14(10-12)24-9-8-23-13/h2-5,10H,6-9H2,1H3,(H,17,21)(H2,18,19,22). The molecule has 24 heavy (non-hydrogen) atoms. The number of hydrogen-bond donors (Lipinski definition) is 3. The Bertz CT molecular complexity index is 705. The Balaban J connectivity index is 1.41. The third-order valence-electron chi connectivity index (χ3n) is 3.31. The maximum absolute atomic E-state index is 11.9. The van der Waals surface area contributed by atoms with Crippen LogP contribution < -0.4 is 25.4 Å². The minimum atomic E-state index is -0.288. The summed E-state index contributed by atoms with van der Waals surface area (Å²) < 4.78 is 10.9. The highest BCUT2D eigenvalue weighted by molar-refractivity contribution is 5.89. The Morgan fingerprint density at radius 3 is 2.71 bits per heavy atom. The number of fused-ring (bicyclic) bond motifs is 1. The van der Waals surface area contributed by atoms with E-state index < -0.39 is 0 Å². The number of anilines is 2. The van der Waals surface area contributed by atoms with Crippen molar-refractivity contribution in [3.63, 3.8) is 0 Å². The van der Waals surface area contributed by atoms with Gasteiger partial charge in [0.1, 0.15) is 19.0 Å². The van der Waals surface area contributed by atoms with E-state index in [9.17, 15) is 4.79 Å². The lowest BCUT2D eigenvalue weighted by Crippen LogP contribution is -2.32. The van der Waals surface area contributed by atoms with E-state index in [1.54, 1.807) is 18.2 Å². The summed E-state index contributed by atoms with van der Waals surface area (Å²) >= 11 is 0. The second-order valence-corrected chi connectivity index (χ2v) is 5.23. The molecule has 0 aliphatic carbocycles. The van der Waals surface area contributed by atoms with Gasteiger partial charge in [0.15, 0.2) is 11.5 Å². The average Bonchev–Trinajstić information content (AvgIpc) is 2.60. The van der Waals surface area contributed by atoms with Gasteiger partial charge in [-0.15, -0.1) is 5.10 Å². The molecule has 0 fully saturated rings. The molecule has 0 bridgehead atoms. The van der Waals surface area contributed by atoms with Crippen molar-refractivity contribution in [2.45, 2.75) is 6.92 Å². The first kappa shape index (κ1) is 15.9. The number of amides is 2. The topological polar surface area (TPSA) is 97.4 Å². The van der Waals surface area contributed by atoms with Crippen LogP contribution in [0.1, 0.15) is 5.69 Å². The minimum absolute atomic E-state index is 0.288. The van der Waals surface area contributed by atoms with Crippen LogP contribution >= 0.6 is 0 Å². The minimum Gasteiger partial charge on any atom is -0.486 e. The molecule has 2 aromatic rings. The van der Waals surface area contributed by atoms with Crippen molar-refractivity contribution < 1.29 is 14.3 Å². The predicted octanol–water partition coefficient (Wildman–Crippen LogP) is 1.79. The molecule has 3 N–H and O–H groups in total. The van der Waals surface area contributed by atoms with Gasteiger partial charge in [-0.3, -0.25) is 0 Å². The second kappa shape index (κ2) is 7.49. The molecule has 8 nitrogen and oxygen atoms in total. The summed E-state index contributed by atoms with van der Waals surface area (Å²) in [6.45, 7) is 3.92. The molecule has 1 aromatic heterocycles. The van der Waals surface area contributed by atoms with Crippen molar-refractivity contribution in [3.05, 3.63) is 36.0 Å². The zero-order chi connectivity index (χ0) is 16.8. The fourth-order valence-corrected chi connectivity index (χ4v) is 2.16. The maximum atomic E-state index is 11.9. The maximum Gasteiger partial charge on any atom is 0.319 e. The third kappa shape index (κ3) is 4.25. The highest BCUT2D eigenvalue weighted by Gasteiger charge is 2.12. The Hall–Kier alpha value is -3.03. The largest absolute Gasteiger partial charge is 0.486 e. The van der Waals surface area contributed by atoms with Crippen molar-refractivity contribution >= 4 is 17.5 Å². The monoisotopic (exact) mass is 329 g/mol. The number of benzene rings is 1. The molecule has 3 rings (SSSR count). The third-order valence-corrected chi connectivity index (χ3v) is 3.31. The van der Waals surface area contributed by atoms with E-state index in [2.05, 4.69) is 26.1 Å². The number of nitrogens with zero attached hydrogens (tertiary/aromatic N) is 2. The quantitative estimate of drug-likeness (QED) is 0.724. The van der Waals surface area contributed by atoms with E-state index in [4.69, 9.17) is 9.47 Å². The molecule has 0 spiro atoms. The van der Waals surface area contributed by atoms with Gasteiger partial charge in [0.2, 0.25) is 0 Å². The average molecular weight is 329 g/mol. The summed E-state index contributed by atoms with van der Waals surface area (Å²) in [6.07, 6.45) is 0. The van der Waals surface area contributed by atoms with Gasteiger partial charge < -0.3 is 25.4 Å². The lowest BCUT2D eigenvalue weighted by atomic mass is 10.2. The van der Waals surface area contributed by atoms with E-state index in [1.807, 2.05) is 19.1 Å². The first-order valence-corrected chi connectivity index (χ1v) is 7.69. The number of ether oxygens (including phenoxy) is 2. The lowest BCUT2D eigenvalue weighted by molar-refractivity contribution is 0.171. The lowest BCUT2D eigenvalue weighted by Gasteiger charge is -2.19. The number of carbonyl (C=O) groups excluding carboxylic acids is 1. The highest BCUT2D eigenvalue weighted by atomic mass is 16.6. The van der Waals surface area contributed by atoms with Crippen LogP contribution in [0.15, 0.2) is 30.3 Å². The van der Waals surface area contributed by atoms with Crippen LogP contribution in [-0.2, 0) is 0 Å². The number of rotatable bonds is 5. The molecular weight excluding hydrogens is 310 g/mol. The van der Waals surface area contributed by atoms with Crippen LogP contribution in [0.4, 0.5) is 16.3 Å². The number of hydrogen-bond acceptors (Lipinski definition) is 6. The van der Waals surface area contributed by atoms with E-state index >= 15 is 0 Å². The van der Waals surface area contributed by atoms with Crippen LogP contribution in [0, 0.1) is 6.92 Å². The molecule has 0 saturated heterocycles. The van der Waals surface area contributed by atoms with Gasteiger partial charge in [0.05, 0.1) is 5.69 Å². The number of urea groups is 1. The van der Waals surface area contributed by atoms with Gasteiger partial charge in [-0.25, -0.2) is 4.79 Å². The molecule has 0 atom stereocenters. The number of nitrogens with one attached hydrogen (secondary N) is 3. The zero-order valence-electron chi connectivity index (χ0n) is 13.3. The van der Waals surface area contributed by atoms with Crippen molar-refractivity contribution in [2.24, 2.45) is 0 Å². The smallest absolute Gasteiger partial charge is 0.319 e. The van der Waals surface area contributed by atoms with Crippen LogP contribution in [0.5, 0.6) is 11.5 Å². The number of aromatic nitrogens is 2. The van der Waals surface area contributed by atoms with E-state index in [0.29, 0.717) is 49.3 Å². The fraction of sp³-hybridized carbons (Fsp3) is 0.312. The van der Waals surface area contributed by atoms with Gasteiger partial charge in [0.25, 0.3) is 0 Å². The summed E-state index contributed by atoms with van der Waals surface area (Å²) in [6, 6.07) is 8.72. The van der Waals surface area contributed by atoms with Crippen LogP contribution in [0.2, 0.25) is 0 Å². The van der Waals surface area contributed by atoms with Gasteiger partial charge in [0, 0.05) is 24.8 Å². The molecule has 2 amide bonds. The summed E-state index contributed by atoms with van der Waals surface area (Å²) in [5.74, 6) is 2.00. The van der Waals surface area contributed by atoms with Crippen molar-refractivity contribution in [3.8, 4) is 11.5 Å². The molecule has 0 radical (unpaired) electrons.